The van der Waals surface area contributed by atoms with Gasteiger partial charge in [0, 0.05) is 24.3 Å². The van der Waals surface area contributed by atoms with Crippen LogP contribution in [0.5, 0.6) is 5.75 Å². The third-order valence-corrected chi connectivity index (χ3v) is 3.94. The molecule has 0 atom stereocenters. The van der Waals surface area contributed by atoms with Crippen LogP contribution >= 0.6 is 0 Å². The number of hydrogen-bond donors (Lipinski definition) is 4. The van der Waals surface area contributed by atoms with E-state index >= 15 is 0 Å². The third kappa shape index (κ3) is 3.69. The summed E-state index contributed by atoms with van der Waals surface area (Å²) >= 11 is 0. The Bertz CT molecular complexity index is 737. The van der Waals surface area contributed by atoms with Crippen molar-refractivity contribution in [3.8, 4) is 5.75 Å². The monoisotopic (exact) mass is 344 g/mol. The van der Waals surface area contributed by atoms with Gasteiger partial charge in [-0.1, -0.05) is 6.07 Å². The number of fused-ring (bicyclic) bond motifs is 1. The number of ether oxygens (including phenoxy) is 1. The molecule has 1 aromatic heterocycles. The van der Waals surface area contributed by atoms with Crippen molar-refractivity contribution in [2.75, 3.05) is 47.8 Å². The van der Waals surface area contributed by atoms with E-state index in [9.17, 15) is 0 Å². The zero-order valence-electron chi connectivity index (χ0n) is 14.7. The summed E-state index contributed by atoms with van der Waals surface area (Å²) < 4.78 is 5.27. The van der Waals surface area contributed by atoms with Crippen molar-refractivity contribution in [3.63, 3.8) is 0 Å². The first-order valence-electron chi connectivity index (χ1n) is 8.30. The Morgan fingerprint density at radius 2 is 2.20 bits per heavy atom. The fourth-order valence-corrected chi connectivity index (χ4v) is 2.66. The number of aliphatic hydroxyl groups excluding tert-OH is 1. The van der Waals surface area contributed by atoms with Crippen LogP contribution in [-0.2, 0) is 0 Å². The molecular formula is C17H24N6O2. The van der Waals surface area contributed by atoms with E-state index in [4.69, 9.17) is 9.84 Å². The maximum absolute atomic E-state index is 9.05. The molecule has 0 radical (unpaired) electrons. The molecule has 0 spiro atoms. The minimum atomic E-state index is 0.0191. The summed E-state index contributed by atoms with van der Waals surface area (Å²) in [5.74, 6) is 2.77. The van der Waals surface area contributed by atoms with Crippen molar-refractivity contribution in [2.45, 2.75) is 19.9 Å². The quantitative estimate of drug-likeness (QED) is 0.607. The average molecular weight is 344 g/mol. The van der Waals surface area contributed by atoms with E-state index in [2.05, 4.69) is 44.7 Å². The maximum Gasteiger partial charge on any atom is 0.226 e. The van der Waals surface area contributed by atoms with Gasteiger partial charge in [-0.05, 0) is 26.0 Å². The molecule has 2 heterocycles. The topological polar surface area (TPSA) is 94.6 Å². The van der Waals surface area contributed by atoms with Crippen molar-refractivity contribution in [1.29, 1.82) is 0 Å². The van der Waals surface area contributed by atoms with E-state index in [1.54, 1.807) is 7.11 Å². The summed E-state index contributed by atoms with van der Waals surface area (Å²) in [4.78, 5) is 11.3. The lowest BCUT2D eigenvalue weighted by Gasteiger charge is -2.22. The number of anilines is 5. The molecule has 0 aliphatic carbocycles. The first-order valence-corrected chi connectivity index (χ1v) is 8.30. The molecule has 3 rings (SSSR count). The second-order valence-corrected chi connectivity index (χ2v) is 6.00. The summed E-state index contributed by atoms with van der Waals surface area (Å²) in [6, 6.07) is 7.97. The number of aliphatic hydroxyl groups is 1. The van der Waals surface area contributed by atoms with Crippen LogP contribution < -0.4 is 25.6 Å². The van der Waals surface area contributed by atoms with Crippen LogP contribution in [-0.4, -0.2) is 48.0 Å². The average Bonchev–Trinajstić information content (AvgIpc) is 3.04. The van der Waals surface area contributed by atoms with Gasteiger partial charge in [0.2, 0.25) is 5.95 Å². The summed E-state index contributed by atoms with van der Waals surface area (Å²) in [5.41, 5.74) is 1.74. The van der Waals surface area contributed by atoms with Crippen LogP contribution in [0.15, 0.2) is 24.3 Å². The van der Waals surface area contributed by atoms with Crippen LogP contribution in [0.25, 0.3) is 0 Å². The predicted molar refractivity (Wildman–Crippen MR) is 100.0 cm³/mol. The molecule has 8 heteroatoms. The van der Waals surface area contributed by atoms with E-state index in [-0.39, 0.29) is 6.61 Å². The van der Waals surface area contributed by atoms with Crippen molar-refractivity contribution in [1.82, 2.24) is 9.97 Å². The van der Waals surface area contributed by atoms with Crippen molar-refractivity contribution in [2.24, 2.45) is 0 Å². The molecule has 25 heavy (non-hydrogen) atoms. The normalized spacial score (nSPS) is 12.8. The molecule has 0 bridgehead atoms. The second kappa shape index (κ2) is 7.43. The van der Waals surface area contributed by atoms with E-state index in [1.807, 2.05) is 24.3 Å². The summed E-state index contributed by atoms with van der Waals surface area (Å²) in [6.07, 6.45) is 0. The zero-order valence-corrected chi connectivity index (χ0v) is 14.7. The van der Waals surface area contributed by atoms with Gasteiger partial charge in [0.25, 0.3) is 0 Å². The number of benzene rings is 1. The van der Waals surface area contributed by atoms with Gasteiger partial charge in [-0.25, -0.2) is 0 Å². The van der Waals surface area contributed by atoms with Gasteiger partial charge < -0.3 is 30.7 Å². The smallest absolute Gasteiger partial charge is 0.226 e. The molecule has 0 saturated carbocycles. The van der Waals surface area contributed by atoms with E-state index in [0.717, 1.165) is 22.9 Å². The van der Waals surface area contributed by atoms with Crippen LogP contribution in [0.3, 0.4) is 0 Å². The van der Waals surface area contributed by atoms with Gasteiger partial charge in [-0.3, -0.25) is 0 Å². The molecule has 134 valence electrons. The third-order valence-electron chi connectivity index (χ3n) is 3.94. The lowest BCUT2D eigenvalue weighted by molar-refractivity contribution is 0.311. The lowest BCUT2D eigenvalue weighted by atomic mass is 10.3. The maximum atomic E-state index is 9.05. The standard InChI is InChI=1S/C17H24N6O2/c1-11(2)23-10-19-14-15(20-12-5-4-6-13(9-12)25-3)21-17(18-7-8-24)22-16(14)23/h4-6,9,11,19,24H,7-8,10H2,1-3H3,(H2,18,20,21,22). The highest BCUT2D eigenvalue weighted by atomic mass is 16.5. The Labute approximate surface area is 147 Å². The summed E-state index contributed by atoms with van der Waals surface area (Å²) in [5, 5.41) is 18.8. The Kier molecular flexibility index (Phi) is 5.08. The van der Waals surface area contributed by atoms with Gasteiger partial charge in [0.15, 0.2) is 11.6 Å². The fourth-order valence-electron chi connectivity index (χ4n) is 2.66. The largest absolute Gasteiger partial charge is 0.497 e. The molecule has 0 unspecified atom stereocenters. The van der Waals surface area contributed by atoms with Crippen LogP contribution in [0.4, 0.5) is 29.0 Å². The molecule has 2 aromatic rings. The minimum absolute atomic E-state index is 0.0191. The van der Waals surface area contributed by atoms with Gasteiger partial charge in [0.05, 0.1) is 20.4 Å². The number of nitrogens with zero attached hydrogens (tertiary/aromatic N) is 3. The van der Waals surface area contributed by atoms with E-state index in [0.29, 0.717) is 31.0 Å². The van der Waals surface area contributed by atoms with Gasteiger partial charge in [-0.15, -0.1) is 0 Å². The van der Waals surface area contributed by atoms with E-state index < -0.39 is 0 Å². The van der Waals surface area contributed by atoms with Crippen molar-refractivity contribution < 1.29 is 9.84 Å². The number of hydrogen-bond acceptors (Lipinski definition) is 8. The molecule has 0 saturated heterocycles. The molecule has 1 aliphatic heterocycles. The van der Waals surface area contributed by atoms with Crippen LogP contribution in [0, 0.1) is 0 Å². The second-order valence-electron chi connectivity index (χ2n) is 6.00. The first kappa shape index (κ1) is 17.1. The summed E-state index contributed by atoms with van der Waals surface area (Å²) in [7, 11) is 1.64. The highest BCUT2D eigenvalue weighted by Crippen LogP contribution is 2.38. The molecule has 4 N–H and O–H groups in total. The summed E-state index contributed by atoms with van der Waals surface area (Å²) in [6.45, 7) is 5.33. The molecule has 1 aliphatic rings. The highest BCUT2D eigenvalue weighted by Gasteiger charge is 2.27. The van der Waals surface area contributed by atoms with E-state index in [1.165, 1.54) is 0 Å². The Hall–Kier alpha value is -2.74. The van der Waals surface area contributed by atoms with Gasteiger partial charge >= 0.3 is 0 Å². The number of aromatic nitrogens is 2. The highest BCUT2D eigenvalue weighted by molar-refractivity contribution is 5.85. The van der Waals surface area contributed by atoms with Crippen molar-refractivity contribution >= 4 is 29.0 Å². The van der Waals surface area contributed by atoms with Gasteiger partial charge in [0.1, 0.15) is 11.4 Å². The number of nitrogens with one attached hydrogen (secondary N) is 3. The zero-order chi connectivity index (χ0) is 17.8. The van der Waals surface area contributed by atoms with Crippen molar-refractivity contribution in [3.05, 3.63) is 24.3 Å². The Morgan fingerprint density at radius 1 is 1.36 bits per heavy atom. The van der Waals surface area contributed by atoms with Crippen LogP contribution in [0.2, 0.25) is 0 Å². The molecule has 1 aromatic carbocycles. The first-order chi connectivity index (χ1) is 12.1. The predicted octanol–water partition coefficient (Wildman–Crippen LogP) is 2.23. The Morgan fingerprint density at radius 3 is 2.92 bits per heavy atom. The van der Waals surface area contributed by atoms with Crippen LogP contribution in [0.1, 0.15) is 13.8 Å². The molecule has 0 fully saturated rings. The number of methoxy groups -OCH3 is 1. The molecular weight excluding hydrogens is 320 g/mol. The number of rotatable bonds is 7. The molecule has 0 amide bonds. The lowest BCUT2D eigenvalue weighted by Crippen LogP contribution is -2.30. The minimum Gasteiger partial charge on any atom is -0.497 e. The Balaban J connectivity index is 1.96. The fraction of sp³-hybridized carbons (Fsp3) is 0.412. The molecule has 8 nitrogen and oxygen atoms in total. The van der Waals surface area contributed by atoms with Gasteiger partial charge in [-0.2, -0.15) is 9.97 Å². The SMILES string of the molecule is COc1cccc(Nc2nc(NCCO)nc3c2NCN3C(C)C)c1.